The molecule has 156 valence electrons. The fourth-order valence-corrected chi connectivity index (χ4v) is 8.82. The Kier molecular flexibility index (Phi) is 4.74. The van der Waals surface area contributed by atoms with Crippen molar-refractivity contribution in [1.29, 1.82) is 0 Å². The second-order valence-electron chi connectivity index (χ2n) is 8.63. The molecule has 31 heavy (non-hydrogen) atoms. The average molecular weight is 492 g/mol. The number of benzene rings is 4. The number of fused-ring (bicyclic) bond motifs is 7. The Morgan fingerprint density at radius 3 is 1.90 bits per heavy atom. The number of piperidine rings is 1. The third-order valence-corrected chi connectivity index (χ3v) is 10.7. The van der Waals surface area contributed by atoms with Gasteiger partial charge in [-0.25, -0.2) is 0 Å². The Bertz CT molecular complexity index is 1220. The molecule has 4 aromatic rings. The van der Waals surface area contributed by atoms with Crippen molar-refractivity contribution in [2.45, 2.75) is 19.8 Å². The van der Waals surface area contributed by atoms with Gasteiger partial charge in [0.1, 0.15) is 0 Å². The summed E-state index contributed by atoms with van der Waals surface area (Å²) in [6.45, 7) is 1.88. The molecule has 6 rings (SSSR count). The van der Waals surface area contributed by atoms with Gasteiger partial charge >= 0.3 is 192 Å². The molecule has 2 aliphatic rings. The molecule has 0 bridgehead atoms. The van der Waals surface area contributed by atoms with E-state index in [0.29, 0.717) is 5.92 Å². The van der Waals surface area contributed by atoms with Crippen LogP contribution in [0.1, 0.15) is 19.8 Å². The van der Waals surface area contributed by atoms with Crippen molar-refractivity contribution in [3.63, 3.8) is 0 Å². The number of rotatable bonds is 1. The van der Waals surface area contributed by atoms with E-state index in [0.717, 1.165) is 35.7 Å². The van der Waals surface area contributed by atoms with E-state index in [9.17, 15) is 0 Å². The van der Waals surface area contributed by atoms with E-state index < -0.39 is 6.56 Å². The molecule has 3 nitrogen and oxygen atoms in total. The minimum atomic E-state index is -2.43. The van der Waals surface area contributed by atoms with Gasteiger partial charge in [-0.2, -0.15) is 0 Å². The first-order valence-electron chi connectivity index (χ1n) is 10.9. The summed E-state index contributed by atoms with van der Waals surface area (Å²) in [6.07, 6.45) is 2.44. The summed E-state index contributed by atoms with van der Waals surface area (Å²) in [5.74, 6) is 2.44. The molecule has 0 aromatic heterocycles. The third-order valence-electron chi connectivity index (χ3n) is 6.44. The molecule has 4 aromatic carbocycles. The molecule has 1 fully saturated rings. The molecule has 1 unspecified atom stereocenters. The van der Waals surface area contributed by atoms with Gasteiger partial charge in [-0.1, -0.05) is 0 Å². The second kappa shape index (κ2) is 7.50. The Morgan fingerprint density at radius 1 is 0.806 bits per heavy atom. The summed E-state index contributed by atoms with van der Waals surface area (Å²) >= 11 is 3.39. The monoisotopic (exact) mass is 493 g/mol. The van der Waals surface area contributed by atoms with E-state index in [1.807, 2.05) is 0 Å². The van der Waals surface area contributed by atoms with Crippen LogP contribution in [0.5, 0.6) is 11.5 Å². The quantitative estimate of drug-likeness (QED) is 0.211. The van der Waals surface area contributed by atoms with Gasteiger partial charge in [-0.15, -0.1) is 0 Å². The van der Waals surface area contributed by atoms with Gasteiger partial charge < -0.3 is 0 Å². The number of hydrogen-bond donors (Lipinski definition) is 0. The van der Waals surface area contributed by atoms with Crippen LogP contribution in [0.3, 0.4) is 0 Å². The van der Waals surface area contributed by atoms with Gasteiger partial charge in [0, 0.05) is 0 Å². The predicted molar refractivity (Wildman–Crippen MR) is 131 cm³/mol. The maximum absolute atomic E-state index is 6.83. The van der Waals surface area contributed by atoms with E-state index >= 15 is 0 Å². The molecule has 1 atom stereocenters. The van der Waals surface area contributed by atoms with Gasteiger partial charge in [0.25, 0.3) is 0 Å². The molecule has 0 aliphatic carbocycles. The fourth-order valence-electron chi connectivity index (χ4n) is 4.94. The van der Waals surface area contributed by atoms with Crippen LogP contribution < -0.4 is 9.05 Å². The first-order chi connectivity index (χ1) is 15.1. The first kappa shape index (κ1) is 19.6. The summed E-state index contributed by atoms with van der Waals surface area (Å²) in [7, 11) is 0. The zero-order valence-electron chi connectivity index (χ0n) is 17.5. The summed E-state index contributed by atoms with van der Waals surface area (Å²) in [6, 6.07) is 25.7. The van der Waals surface area contributed by atoms with Crippen molar-refractivity contribution in [2.24, 2.45) is 5.92 Å². The van der Waals surface area contributed by atoms with E-state index in [2.05, 4.69) is 100.0 Å². The summed E-state index contributed by atoms with van der Waals surface area (Å²) in [4.78, 5) is 0. The van der Waals surface area contributed by atoms with E-state index in [4.69, 9.17) is 9.05 Å². The molecule has 1 saturated heterocycles. The van der Waals surface area contributed by atoms with E-state index in [1.165, 1.54) is 34.4 Å². The molecule has 0 saturated carbocycles. The molecule has 2 heterocycles. The van der Waals surface area contributed by atoms with Crippen LogP contribution in [0.4, 0.5) is 0 Å². The van der Waals surface area contributed by atoms with Gasteiger partial charge in [0.05, 0.1) is 0 Å². The molecule has 0 N–H and O–H groups in total. The van der Waals surface area contributed by atoms with Gasteiger partial charge in [0.15, 0.2) is 0 Å². The Labute approximate surface area is 191 Å². The predicted octanol–water partition coefficient (Wildman–Crippen LogP) is 7.01. The Morgan fingerprint density at radius 2 is 1.35 bits per heavy atom. The molecule has 0 radical (unpaired) electrons. The molecule has 5 heteroatoms. The SMILES string of the molecule is CC1CCCN([P+]2([Se-])Oc3ccc4ccccc4c3-c3c(ccc4ccccc34)O2)C1. The summed E-state index contributed by atoms with van der Waals surface area (Å²) in [5.41, 5.74) is 2.26. The van der Waals surface area contributed by atoms with Gasteiger partial charge in [-0.3, -0.25) is 0 Å². The summed E-state index contributed by atoms with van der Waals surface area (Å²) in [5, 5.41) is 4.81. The molecule has 2 aliphatic heterocycles. The van der Waals surface area contributed by atoms with Gasteiger partial charge in [-0.05, 0) is 0 Å². The fraction of sp³-hybridized carbons (Fsp3) is 0.231. The van der Waals surface area contributed by atoms with Gasteiger partial charge in [0.2, 0.25) is 0 Å². The van der Waals surface area contributed by atoms with E-state index in [-0.39, 0.29) is 0 Å². The van der Waals surface area contributed by atoms with Crippen LogP contribution in [0, 0.1) is 5.92 Å². The van der Waals surface area contributed by atoms with Crippen molar-refractivity contribution >= 4 is 43.7 Å². The molecular weight excluding hydrogens is 468 g/mol. The van der Waals surface area contributed by atoms with Crippen LogP contribution in [0.2, 0.25) is 0 Å². The normalized spacial score (nSPS) is 20.4. The van der Waals surface area contributed by atoms with Crippen molar-refractivity contribution in [2.75, 3.05) is 13.1 Å². The zero-order valence-corrected chi connectivity index (χ0v) is 20.1. The van der Waals surface area contributed by atoms with Crippen molar-refractivity contribution < 1.29 is 9.05 Å². The minimum absolute atomic E-state index is 0.640. The van der Waals surface area contributed by atoms with Crippen molar-refractivity contribution in [1.82, 2.24) is 4.67 Å². The van der Waals surface area contributed by atoms with Crippen LogP contribution in [-0.2, 0) is 0 Å². The maximum atomic E-state index is 6.83. The molecular formula is C26H24NO2PSe. The third kappa shape index (κ3) is 3.25. The average Bonchev–Trinajstić information content (AvgIpc) is 2.93. The van der Waals surface area contributed by atoms with Crippen LogP contribution in [0.15, 0.2) is 72.8 Å². The number of hydrogen-bond acceptors (Lipinski definition) is 3. The molecule has 0 spiro atoms. The first-order valence-corrected chi connectivity index (χ1v) is 14.7. The topological polar surface area (TPSA) is 21.7 Å². The Hall–Kier alpha value is -2.09. The molecule has 0 amide bonds. The number of nitrogens with zero attached hydrogens (tertiary/aromatic N) is 1. The van der Waals surface area contributed by atoms with E-state index in [1.54, 1.807) is 0 Å². The van der Waals surface area contributed by atoms with Crippen molar-refractivity contribution in [3.8, 4) is 22.6 Å². The zero-order chi connectivity index (χ0) is 21.0. The van der Waals surface area contributed by atoms with Crippen LogP contribution >= 0.6 is 6.56 Å². The van der Waals surface area contributed by atoms with Crippen molar-refractivity contribution in [3.05, 3.63) is 72.8 Å². The summed E-state index contributed by atoms with van der Waals surface area (Å²) < 4.78 is 16.1. The second-order valence-corrected chi connectivity index (χ2v) is 13.4. The standard InChI is InChI=1S/C26H24NO2PSe/c1-18-7-6-16-27(17-18)30(31)28-23-14-12-19-8-2-4-10-21(19)25(23)26-22-11-5-3-9-20(22)13-15-24(26)29-30/h2-5,8-15,18H,6-7,16-17H2,1H3. The van der Waals surface area contributed by atoms with Crippen LogP contribution in [-0.4, -0.2) is 33.3 Å². The Balaban J connectivity index is 1.65. The van der Waals surface area contributed by atoms with Crippen LogP contribution in [0.25, 0.3) is 32.7 Å².